The molecular weight excluding hydrogens is 809 g/mol. The van der Waals surface area contributed by atoms with Gasteiger partial charge in [-0.3, -0.25) is 13.6 Å². The number of halogens is 4. The van der Waals surface area contributed by atoms with Gasteiger partial charge in [0.15, 0.2) is 5.65 Å². The number of pyridine rings is 1. The third-order valence-corrected chi connectivity index (χ3v) is 10.4. The van der Waals surface area contributed by atoms with Crippen molar-refractivity contribution in [1.29, 1.82) is 5.41 Å². The summed E-state index contributed by atoms with van der Waals surface area (Å²) >= 11 is -1.86. The summed E-state index contributed by atoms with van der Waals surface area (Å²) in [7, 11) is 1.69. The van der Waals surface area contributed by atoms with Crippen LogP contribution < -0.4 is 5.56 Å². The molecule has 340 valence electrons. The number of nitrogens with zero attached hydrogens (tertiary/aromatic N) is 3. The third kappa shape index (κ3) is 17.4. The van der Waals surface area contributed by atoms with E-state index in [-0.39, 0.29) is 30.2 Å². The van der Waals surface area contributed by atoms with E-state index in [0.29, 0.717) is 60.4 Å². The Morgan fingerprint density at radius 3 is 2.10 bits per heavy atom. The zero-order chi connectivity index (χ0) is 45.7. The maximum Gasteiger partial charge on any atom is 0.267 e. The number of hydrogen-bond acceptors (Lipinski definition) is 8. The predicted octanol–water partition coefficient (Wildman–Crippen LogP) is 11.2. The van der Waals surface area contributed by atoms with Crippen LogP contribution in [0.1, 0.15) is 139 Å². The third-order valence-electron chi connectivity index (χ3n) is 10.4. The number of rotatable bonds is 16. The van der Waals surface area contributed by atoms with Gasteiger partial charge in [0.25, 0.3) is 5.56 Å². The number of aryl methyl sites for hydroxylation is 3. The molecule has 1 atom stereocenters. The molecule has 14 heteroatoms. The maximum absolute atomic E-state index is 13.9. The number of ether oxygens (including phenoxy) is 2. The molecule has 1 N–H and O–H groups in total. The van der Waals surface area contributed by atoms with Crippen LogP contribution in [0.15, 0.2) is 47.3 Å². The molecule has 0 saturated heterocycles. The van der Waals surface area contributed by atoms with Gasteiger partial charge in [0.2, 0.25) is 5.92 Å². The molecular formula is C47H67F4N4O5S-. The van der Waals surface area contributed by atoms with E-state index >= 15 is 0 Å². The number of nitrogens with one attached hydrogen (secondary N) is 1. The summed E-state index contributed by atoms with van der Waals surface area (Å²) in [6, 6.07) is 11.1. The first kappa shape index (κ1) is 53.3. The summed E-state index contributed by atoms with van der Waals surface area (Å²) in [6.45, 7) is 16.6. The normalized spacial score (nSPS) is 14.0. The highest BCUT2D eigenvalue weighted by Gasteiger charge is 2.36. The van der Waals surface area contributed by atoms with Gasteiger partial charge < -0.3 is 19.4 Å². The van der Waals surface area contributed by atoms with Crippen molar-refractivity contribution in [3.63, 3.8) is 0 Å². The Morgan fingerprint density at radius 1 is 0.934 bits per heavy atom. The lowest BCUT2D eigenvalue weighted by atomic mass is 9.84. The van der Waals surface area contributed by atoms with Crippen LogP contribution in [0.4, 0.5) is 17.6 Å². The fraction of sp³-hybridized carbons (Fsp3) is 0.574. The van der Waals surface area contributed by atoms with Crippen molar-refractivity contribution in [1.82, 2.24) is 14.5 Å². The Bertz CT molecular complexity index is 2020. The van der Waals surface area contributed by atoms with Crippen molar-refractivity contribution < 1.29 is 35.8 Å². The van der Waals surface area contributed by atoms with Crippen LogP contribution in [0.25, 0.3) is 16.7 Å². The molecule has 1 fully saturated rings. The minimum atomic E-state index is -2.59. The van der Waals surface area contributed by atoms with Gasteiger partial charge in [-0.25, -0.2) is 27.5 Å². The van der Waals surface area contributed by atoms with Crippen molar-refractivity contribution in [3.05, 3.63) is 98.2 Å². The van der Waals surface area contributed by atoms with E-state index in [1.165, 1.54) is 31.4 Å². The Labute approximate surface area is 362 Å². The summed E-state index contributed by atoms with van der Waals surface area (Å²) in [5.41, 5.74) is 5.88. The van der Waals surface area contributed by atoms with Crippen LogP contribution in [-0.4, -0.2) is 68.1 Å². The van der Waals surface area contributed by atoms with Gasteiger partial charge in [-0.05, 0) is 105 Å². The Balaban J connectivity index is 0.000000432. The van der Waals surface area contributed by atoms with Gasteiger partial charge in [0.1, 0.15) is 17.5 Å². The van der Waals surface area contributed by atoms with E-state index in [2.05, 4.69) is 20.8 Å². The van der Waals surface area contributed by atoms with Gasteiger partial charge in [-0.1, -0.05) is 78.0 Å². The molecule has 0 spiro atoms. The lowest BCUT2D eigenvalue weighted by molar-refractivity contribution is -0.0384. The van der Waals surface area contributed by atoms with Crippen molar-refractivity contribution in [2.24, 2.45) is 5.92 Å². The van der Waals surface area contributed by atoms with Crippen molar-refractivity contribution in [2.75, 3.05) is 33.2 Å². The van der Waals surface area contributed by atoms with Gasteiger partial charge in [0, 0.05) is 61.9 Å². The highest BCUT2D eigenvalue weighted by Crippen LogP contribution is 2.40. The Kier molecular flexibility index (Phi) is 23.8. The van der Waals surface area contributed by atoms with E-state index in [4.69, 9.17) is 33.6 Å². The summed E-state index contributed by atoms with van der Waals surface area (Å²) in [5, 5.41) is 9.18. The van der Waals surface area contributed by atoms with E-state index in [0.717, 1.165) is 72.9 Å². The Hall–Kier alpha value is -3.85. The van der Waals surface area contributed by atoms with Gasteiger partial charge >= 0.3 is 0 Å². The fourth-order valence-corrected chi connectivity index (χ4v) is 6.91. The van der Waals surface area contributed by atoms with Gasteiger partial charge in [-0.15, -0.1) is 0 Å². The first-order chi connectivity index (χ1) is 28.9. The quantitative estimate of drug-likeness (QED) is 0.0513. The summed E-state index contributed by atoms with van der Waals surface area (Å²) in [5.74, 6) is -2.93. The molecule has 1 unspecified atom stereocenters. The van der Waals surface area contributed by atoms with E-state index in [1.54, 1.807) is 17.7 Å². The van der Waals surface area contributed by atoms with Crippen LogP contribution in [0, 0.1) is 29.9 Å². The number of unbranched alkanes of at least 4 members (excludes halogenated alkanes) is 3. The number of aromatic nitrogens is 3. The smallest absolute Gasteiger partial charge is 0.267 e. The second-order valence-corrected chi connectivity index (χ2v) is 16.3. The number of benzene rings is 2. The minimum Gasteiger partial charge on any atom is -0.773 e. The molecule has 1 aliphatic carbocycles. The lowest BCUT2D eigenvalue weighted by Crippen LogP contribution is -2.27. The second-order valence-electron chi connectivity index (χ2n) is 15.5. The molecule has 1 saturated carbocycles. The first-order valence-electron chi connectivity index (χ1n) is 21.5. The first-order valence-corrected chi connectivity index (χ1v) is 23.0. The van der Waals surface area contributed by atoms with Crippen molar-refractivity contribution in [3.8, 4) is 5.69 Å². The fourth-order valence-electron chi connectivity index (χ4n) is 6.91. The average Bonchev–Trinajstić information content (AvgIpc) is 3.21. The molecule has 9 nitrogen and oxygen atoms in total. The van der Waals surface area contributed by atoms with Crippen LogP contribution in [0.5, 0.6) is 0 Å². The molecule has 5 rings (SSSR count). The zero-order valence-corrected chi connectivity index (χ0v) is 38.4. The van der Waals surface area contributed by atoms with Crippen molar-refractivity contribution in [2.45, 2.75) is 137 Å². The number of methoxy groups -OCH3 is 1. The van der Waals surface area contributed by atoms with Gasteiger partial charge in [0.05, 0.1) is 24.3 Å². The summed E-state index contributed by atoms with van der Waals surface area (Å²) < 4.78 is 81.9. The van der Waals surface area contributed by atoms with Crippen LogP contribution >= 0.6 is 0 Å². The van der Waals surface area contributed by atoms with Crippen LogP contribution in [-0.2, 0) is 39.8 Å². The molecule has 1 aliphatic rings. The Morgan fingerprint density at radius 2 is 1.56 bits per heavy atom. The molecule has 61 heavy (non-hydrogen) atoms. The predicted molar refractivity (Wildman–Crippen MR) is 238 cm³/mol. The molecule has 0 radical (unpaired) electrons. The molecule has 0 amide bonds. The molecule has 2 aromatic heterocycles. The maximum atomic E-state index is 13.9. The SMILES string of the molecule is CCCCCOCCOC.CCCCc1nc2nc(C3CCC(F)(F)CC3)ccc2c(=O)n1-c1ccc(CC)c(C(=N)C(C)C)c1C.CCc1cc(F)cc(F)c1.CS(=O)[O-]. The number of fused-ring (bicyclic) bond motifs is 1. The highest BCUT2D eigenvalue weighted by atomic mass is 32.2. The molecule has 0 bridgehead atoms. The van der Waals surface area contributed by atoms with Gasteiger partial charge in [-0.2, -0.15) is 0 Å². The molecule has 2 heterocycles. The van der Waals surface area contributed by atoms with Crippen LogP contribution in [0.3, 0.4) is 0 Å². The molecule has 2 aromatic carbocycles. The van der Waals surface area contributed by atoms with E-state index < -0.39 is 28.6 Å². The van der Waals surface area contributed by atoms with Crippen molar-refractivity contribution >= 4 is 27.8 Å². The topological polar surface area (TPSA) is 130 Å². The average molecular weight is 876 g/mol. The lowest BCUT2D eigenvalue weighted by Gasteiger charge is -2.27. The van der Waals surface area contributed by atoms with E-state index in [9.17, 15) is 22.4 Å². The van der Waals surface area contributed by atoms with Crippen LogP contribution in [0.2, 0.25) is 0 Å². The zero-order valence-electron chi connectivity index (χ0n) is 37.6. The standard InChI is InChI=1S/C30H38F2N4O.C8H8F2.C8H18O2.CH4O2S/c1-6-8-9-25-35-28-22(11-12-23(34-28)21-14-16-30(31,32)17-15-21)29(37)36(25)24-13-10-20(7-2)26(19(24)5)27(33)18(3)4;1-2-6-3-7(9)5-8(10)4-6;1-3-4-5-6-10-8-7-9-2;1-4(2)3/h10-13,18,21,33H,6-9,14-17H2,1-5H3;3-5H,2H2,1H3;3-8H2,1-2H3;1H3,(H,2,3)/p-1. The molecule has 0 aliphatic heterocycles. The largest absolute Gasteiger partial charge is 0.773 e. The summed E-state index contributed by atoms with van der Waals surface area (Å²) in [4.78, 5) is 23.5. The monoisotopic (exact) mass is 875 g/mol. The summed E-state index contributed by atoms with van der Waals surface area (Å²) in [6.07, 6.45) is 9.22. The van der Waals surface area contributed by atoms with E-state index in [1.807, 2.05) is 45.9 Å². The number of hydrogen-bond donors (Lipinski definition) is 1. The second kappa shape index (κ2) is 27.3. The number of alkyl halides is 2. The molecule has 4 aromatic rings. The highest BCUT2D eigenvalue weighted by molar-refractivity contribution is 7.78. The minimum absolute atomic E-state index is 0.0409.